The van der Waals surface area contributed by atoms with Crippen molar-refractivity contribution in [3.8, 4) is 5.75 Å². The zero-order valence-electron chi connectivity index (χ0n) is 6.60. The fourth-order valence-corrected chi connectivity index (χ4v) is 1.77. The van der Waals surface area contributed by atoms with Gasteiger partial charge in [-0.15, -0.1) is 0 Å². The van der Waals surface area contributed by atoms with Crippen molar-refractivity contribution in [2.45, 2.75) is 12.8 Å². The molecule has 0 fully saturated rings. The Bertz CT molecular complexity index is 325. The van der Waals surface area contributed by atoms with Crippen molar-refractivity contribution in [1.82, 2.24) is 0 Å². The van der Waals surface area contributed by atoms with Crippen molar-refractivity contribution in [3.05, 3.63) is 28.5 Å². The van der Waals surface area contributed by atoms with E-state index in [4.69, 9.17) is 16.3 Å². The van der Waals surface area contributed by atoms with Gasteiger partial charge in [0.2, 0.25) is 0 Å². The summed E-state index contributed by atoms with van der Waals surface area (Å²) in [6.45, 7) is 2.57. The van der Waals surface area contributed by atoms with Crippen LogP contribution in [0.5, 0.6) is 5.75 Å². The lowest BCUT2D eigenvalue weighted by Crippen LogP contribution is -1.94. The fourth-order valence-electron chi connectivity index (χ4n) is 1.43. The van der Waals surface area contributed by atoms with Crippen molar-refractivity contribution in [2.75, 3.05) is 6.61 Å². The summed E-state index contributed by atoms with van der Waals surface area (Å²) in [5.41, 5.74) is 0.802. The first-order chi connectivity index (χ1) is 5.70. The van der Waals surface area contributed by atoms with E-state index in [0.717, 1.165) is 5.56 Å². The maximum absolute atomic E-state index is 13.0. The normalized spacial score (nSPS) is 20.4. The Morgan fingerprint density at radius 3 is 3.08 bits per heavy atom. The van der Waals surface area contributed by atoms with E-state index in [1.54, 1.807) is 6.07 Å². The molecule has 0 amide bonds. The van der Waals surface area contributed by atoms with E-state index >= 15 is 0 Å². The summed E-state index contributed by atoms with van der Waals surface area (Å²) in [6, 6.07) is 2.96. The van der Waals surface area contributed by atoms with Crippen LogP contribution in [0.25, 0.3) is 0 Å². The third kappa shape index (κ3) is 0.985. The van der Waals surface area contributed by atoms with E-state index in [2.05, 4.69) is 0 Å². The van der Waals surface area contributed by atoms with E-state index in [-0.39, 0.29) is 16.8 Å². The lowest BCUT2D eigenvalue weighted by molar-refractivity contribution is 0.337. The summed E-state index contributed by atoms with van der Waals surface area (Å²) in [7, 11) is 0. The number of fused-ring (bicyclic) bond motifs is 1. The van der Waals surface area contributed by atoms with Gasteiger partial charge in [0.05, 0.1) is 11.6 Å². The van der Waals surface area contributed by atoms with Gasteiger partial charge in [0.15, 0.2) is 0 Å². The molecule has 2 rings (SSSR count). The molecule has 12 heavy (non-hydrogen) atoms. The Hall–Kier alpha value is -0.760. The molecule has 1 aliphatic heterocycles. The standard InChI is InChI=1S/C9H8ClFO/c1-5-4-12-7-3-2-6(11)9(10)8(5)7/h2-3,5H,4H2,1H3. The minimum Gasteiger partial charge on any atom is -0.493 e. The Balaban J connectivity index is 2.63. The molecule has 1 aliphatic rings. The minimum absolute atomic E-state index is 0.197. The number of hydrogen-bond donors (Lipinski definition) is 0. The van der Waals surface area contributed by atoms with E-state index in [9.17, 15) is 4.39 Å². The topological polar surface area (TPSA) is 9.23 Å². The molecule has 0 N–H and O–H groups in total. The highest BCUT2D eigenvalue weighted by atomic mass is 35.5. The molecular formula is C9H8ClFO. The Morgan fingerprint density at radius 1 is 1.58 bits per heavy atom. The highest BCUT2D eigenvalue weighted by molar-refractivity contribution is 6.31. The van der Waals surface area contributed by atoms with Crippen LogP contribution in [-0.2, 0) is 0 Å². The maximum Gasteiger partial charge on any atom is 0.142 e. The molecule has 1 aromatic carbocycles. The molecule has 0 aliphatic carbocycles. The first kappa shape index (κ1) is 7.87. The second-order valence-corrected chi connectivity index (χ2v) is 3.36. The van der Waals surface area contributed by atoms with E-state index < -0.39 is 0 Å². The Kier molecular flexibility index (Phi) is 1.72. The van der Waals surface area contributed by atoms with Crippen molar-refractivity contribution in [1.29, 1.82) is 0 Å². The second kappa shape index (κ2) is 2.63. The van der Waals surface area contributed by atoms with Crippen LogP contribution in [0.4, 0.5) is 4.39 Å². The molecule has 1 unspecified atom stereocenters. The predicted octanol–water partition coefficient (Wildman–Crippen LogP) is 2.98. The van der Waals surface area contributed by atoms with Crippen molar-refractivity contribution in [2.24, 2.45) is 0 Å². The Morgan fingerprint density at radius 2 is 2.33 bits per heavy atom. The van der Waals surface area contributed by atoms with Crippen LogP contribution in [0.15, 0.2) is 12.1 Å². The molecule has 0 aromatic heterocycles. The first-order valence-electron chi connectivity index (χ1n) is 3.81. The molecule has 1 heterocycles. The quantitative estimate of drug-likeness (QED) is 0.605. The summed E-state index contributed by atoms with van der Waals surface area (Å²) < 4.78 is 18.3. The zero-order chi connectivity index (χ0) is 8.72. The zero-order valence-corrected chi connectivity index (χ0v) is 7.36. The fraction of sp³-hybridized carbons (Fsp3) is 0.333. The third-order valence-corrected chi connectivity index (χ3v) is 2.46. The first-order valence-corrected chi connectivity index (χ1v) is 4.18. The third-order valence-electron chi connectivity index (χ3n) is 2.07. The molecule has 0 bridgehead atoms. The van der Waals surface area contributed by atoms with Crippen LogP contribution < -0.4 is 4.74 Å². The molecule has 0 spiro atoms. The SMILES string of the molecule is CC1COc2ccc(F)c(Cl)c21. The molecule has 1 atom stereocenters. The number of rotatable bonds is 0. The molecule has 0 saturated carbocycles. The summed E-state index contributed by atoms with van der Waals surface area (Å²) in [4.78, 5) is 0. The van der Waals surface area contributed by atoms with Gasteiger partial charge in [0.1, 0.15) is 11.6 Å². The lowest BCUT2D eigenvalue weighted by atomic mass is 10.0. The number of benzene rings is 1. The van der Waals surface area contributed by atoms with Gasteiger partial charge in [-0.25, -0.2) is 4.39 Å². The van der Waals surface area contributed by atoms with Gasteiger partial charge >= 0.3 is 0 Å². The minimum atomic E-state index is -0.368. The van der Waals surface area contributed by atoms with Gasteiger partial charge in [-0.3, -0.25) is 0 Å². The lowest BCUT2D eigenvalue weighted by Gasteiger charge is -2.03. The molecule has 1 nitrogen and oxygen atoms in total. The molecular weight excluding hydrogens is 179 g/mol. The monoisotopic (exact) mass is 186 g/mol. The highest BCUT2D eigenvalue weighted by Gasteiger charge is 2.24. The second-order valence-electron chi connectivity index (χ2n) is 2.99. The van der Waals surface area contributed by atoms with Gasteiger partial charge in [-0.1, -0.05) is 18.5 Å². The largest absolute Gasteiger partial charge is 0.493 e. The van der Waals surface area contributed by atoms with E-state index in [0.29, 0.717) is 12.4 Å². The van der Waals surface area contributed by atoms with Crippen LogP contribution in [0.1, 0.15) is 18.4 Å². The summed E-state index contributed by atoms with van der Waals surface area (Å²) >= 11 is 5.78. The number of hydrogen-bond acceptors (Lipinski definition) is 1. The van der Waals surface area contributed by atoms with Crippen LogP contribution in [-0.4, -0.2) is 6.61 Å². The van der Waals surface area contributed by atoms with Gasteiger partial charge in [-0.05, 0) is 12.1 Å². The van der Waals surface area contributed by atoms with E-state index in [1.807, 2.05) is 6.92 Å². The smallest absolute Gasteiger partial charge is 0.142 e. The highest BCUT2D eigenvalue weighted by Crippen LogP contribution is 2.39. The van der Waals surface area contributed by atoms with Crippen LogP contribution in [0, 0.1) is 5.82 Å². The van der Waals surface area contributed by atoms with Gasteiger partial charge in [0, 0.05) is 11.5 Å². The summed E-state index contributed by atoms with van der Waals surface area (Å²) in [5.74, 6) is 0.546. The number of halogens is 2. The average molecular weight is 187 g/mol. The average Bonchev–Trinajstić information content (AvgIpc) is 2.41. The molecule has 0 radical (unpaired) electrons. The summed E-state index contributed by atoms with van der Waals surface area (Å²) in [6.07, 6.45) is 0. The Labute approximate surface area is 75.1 Å². The molecule has 1 aromatic rings. The van der Waals surface area contributed by atoms with Crippen molar-refractivity contribution < 1.29 is 9.13 Å². The van der Waals surface area contributed by atoms with Gasteiger partial charge in [-0.2, -0.15) is 0 Å². The van der Waals surface area contributed by atoms with Crippen LogP contribution in [0.3, 0.4) is 0 Å². The molecule has 0 saturated heterocycles. The predicted molar refractivity (Wildman–Crippen MR) is 45.3 cm³/mol. The maximum atomic E-state index is 13.0. The van der Waals surface area contributed by atoms with Crippen molar-refractivity contribution >= 4 is 11.6 Å². The van der Waals surface area contributed by atoms with Crippen LogP contribution >= 0.6 is 11.6 Å². The van der Waals surface area contributed by atoms with Crippen LogP contribution in [0.2, 0.25) is 5.02 Å². The van der Waals surface area contributed by atoms with Gasteiger partial charge in [0.25, 0.3) is 0 Å². The molecule has 3 heteroatoms. The number of ether oxygens (including phenoxy) is 1. The van der Waals surface area contributed by atoms with E-state index in [1.165, 1.54) is 6.07 Å². The van der Waals surface area contributed by atoms with Gasteiger partial charge < -0.3 is 4.74 Å². The molecule has 64 valence electrons. The summed E-state index contributed by atoms with van der Waals surface area (Å²) in [5, 5.41) is 0.206. The van der Waals surface area contributed by atoms with Crippen molar-refractivity contribution in [3.63, 3.8) is 0 Å².